The second-order valence-corrected chi connectivity index (χ2v) is 9.15. The smallest absolute Gasteiger partial charge is 0.338 e. The Hall–Kier alpha value is -3.68. The Labute approximate surface area is 204 Å². The van der Waals surface area contributed by atoms with Crippen LogP contribution in [0.5, 0.6) is 5.75 Å². The van der Waals surface area contributed by atoms with Crippen LogP contribution in [0.2, 0.25) is 0 Å². The second-order valence-electron chi connectivity index (χ2n) is 9.15. The number of hydrogen-bond acceptors (Lipinski definition) is 6. The van der Waals surface area contributed by atoms with Crippen LogP contribution in [-0.2, 0) is 9.53 Å². The molecule has 0 saturated heterocycles. The highest BCUT2D eigenvalue weighted by Crippen LogP contribution is 2.31. The van der Waals surface area contributed by atoms with Crippen molar-refractivity contribution in [3.8, 4) is 5.75 Å². The molecule has 1 heterocycles. The predicted octanol–water partition coefficient (Wildman–Crippen LogP) is 3.98. The Balaban J connectivity index is 1.40. The van der Waals surface area contributed by atoms with E-state index in [2.05, 4.69) is 19.2 Å². The topological polar surface area (TPSA) is 102 Å². The molecule has 0 bridgehead atoms. The van der Waals surface area contributed by atoms with Crippen LogP contribution in [0.4, 0.5) is 5.69 Å². The van der Waals surface area contributed by atoms with Gasteiger partial charge in [-0.15, -0.1) is 0 Å². The fraction of sp³-hybridized carbons (Fsp3) is 0.407. The first kappa shape index (κ1) is 24.4. The lowest BCUT2D eigenvalue weighted by Crippen LogP contribution is -2.45. The minimum Gasteiger partial charge on any atom is -0.494 e. The van der Waals surface area contributed by atoms with E-state index in [4.69, 9.17) is 9.47 Å². The molecule has 3 unspecified atom stereocenters. The van der Waals surface area contributed by atoms with E-state index in [0.717, 1.165) is 24.2 Å². The lowest BCUT2D eigenvalue weighted by atomic mass is 9.78. The zero-order valence-corrected chi connectivity index (χ0v) is 20.2. The van der Waals surface area contributed by atoms with Gasteiger partial charge >= 0.3 is 5.97 Å². The molecule has 8 nitrogen and oxygen atoms in total. The standard InChI is InChI=1S/C27H30N2O6/c1-4-34-20-11-9-19(10-12-20)29-25(31)21-13-8-18(14-22(21)26(29)32)27(33)35-15-24(30)28-23-7-5-6-16(2)17(23)3/h8-14,16-17,23H,4-7,15H2,1-3H3,(H,28,30). The maximum Gasteiger partial charge on any atom is 0.338 e. The minimum absolute atomic E-state index is 0.0714. The summed E-state index contributed by atoms with van der Waals surface area (Å²) in [4.78, 5) is 51.8. The molecule has 2 aromatic carbocycles. The van der Waals surface area contributed by atoms with Gasteiger partial charge in [-0.25, -0.2) is 9.69 Å². The molecule has 1 N–H and O–H groups in total. The van der Waals surface area contributed by atoms with Crippen molar-refractivity contribution in [1.82, 2.24) is 5.32 Å². The van der Waals surface area contributed by atoms with E-state index in [-0.39, 0.29) is 28.6 Å². The van der Waals surface area contributed by atoms with Gasteiger partial charge in [-0.1, -0.05) is 26.7 Å². The van der Waals surface area contributed by atoms with E-state index in [0.29, 0.717) is 29.9 Å². The Morgan fingerprint density at radius 1 is 1.00 bits per heavy atom. The summed E-state index contributed by atoms with van der Waals surface area (Å²) >= 11 is 0. The van der Waals surface area contributed by atoms with Gasteiger partial charge < -0.3 is 14.8 Å². The fourth-order valence-electron chi connectivity index (χ4n) is 4.71. The molecule has 4 rings (SSSR count). The summed E-state index contributed by atoms with van der Waals surface area (Å²) in [6.07, 6.45) is 3.13. The van der Waals surface area contributed by atoms with E-state index in [1.807, 2.05) is 6.92 Å². The minimum atomic E-state index is -0.729. The zero-order chi connectivity index (χ0) is 25.1. The summed E-state index contributed by atoms with van der Waals surface area (Å²) in [6, 6.07) is 10.9. The molecule has 1 aliphatic carbocycles. The number of fused-ring (bicyclic) bond motifs is 1. The molecule has 0 radical (unpaired) electrons. The molecular formula is C27H30N2O6. The summed E-state index contributed by atoms with van der Waals surface area (Å²) in [6.45, 7) is 6.27. The quantitative estimate of drug-likeness (QED) is 0.477. The van der Waals surface area contributed by atoms with Crippen molar-refractivity contribution < 1.29 is 28.7 Å². The Kier molecular flexibility index (Phi) is 7.19. The third-order valence-corrected chi connectivity index (χ3v) is 6.92. The van der Waals surface area contributed by atoms with Crippen LogP contribution in [-0.4, -0.2) is 42.9 Å². The first-order chi connectivity index (χ1) is 16.8. The molecule has 3 atom stereocenters. The number of ether oxygens (including phenoxy) is 2. The number of hydrogen-bond donors (Lipinski definition) is 1. The third kappa shape index (κ3) is 5.06. The largest absolute Gasteiger partial charge is 0.494 e. The van der Waals surface area contributed by atoms with Gasteiger partial charge in [-0.3, -0.25) is 14.4 Å². The Bertz CT molecular complexity index is 1140. The average molecular weight is 479 g/mol. The van der Waals surface area contributed by atoms with Crippen molar-refractivity contribution in [3.63, 3.8) is 0 Å². The second kappa shape index (κ2) is 10.3. The van der Waals surface area contributed by atoms with Gasteiger partial charge in [0.2, 0.25) is 0 Å². The molecule has 35 heavy (non-hydrogen) atoms. The number of benzene rings is 2. The predicted molar refractivity (Wildman–Crippen MR) is 130 cm³/mol. The lowest BCUT2D eigenvalue weighted by Gasteiger charge is -2.34. The number of rotatable bonds is 7. The summed E-state index contributed by atoms with van der Waals surface area (Å²) < 4.78 is 10.6. The number of nitrogens with zero attached hydrogens (tertiary/aromatic N) is 1. The summed E-state index contributed by atoms with van der Waals surface area (Å²) in [5.74, 6) is -0.542. The molecule has 2 aromatic rings. The van der Waals surface area contributed by atoms with Gasteiger partial charge in [-0.05, 0) is 67.6 Å². The maximum absolute atomic E-state index is 13.0. The monoisotopic (exact) mass is 478 g/mol. The summed E-state index contributed by atoms with van der Waals surface area (Å²) in [7, 11) is 0. The van der Waals surface area contributed by atoms with E-state index in [9.17, 15) is 19.2 Å². The van der Waals surface area contributed by atoms with Crippen molar-refractivity contribution in [1.29, 1.82) is 0 Å². The van der Waals surface area contributed by atoms with Crippen LogP contribution in [0.1, 0.15) is 71.1 Å². The number of carbonyl (C=O) groups excluding carboxylic acids is 4. The number of carbonyl (C=O) groups is 4. The average Bonchev–Trinajstić information content (AvgIpc) is 3.10. The van der Waals surface area contributed by atoms with Crippen molar-refractivity contribution in [2.45, 2.75) is 46.1 Å². The molecule has 1 fully saturated rings. The van der Waals surface area contributed by atoms with Gasteiger partial charge in [0.15, 0.2) is 6.61 Å². The molecule has 184 valence electrons. The van der Waals surface area contributed by atoms with Crippen molar-refractivity contribution in [2.75, 3.05) is 18.1 Å². The zero-order valence-electron chi connectivity index (χ0n) is 20.2. The van der Waals surface area contributed by atoms with Crippen LogP contribution in [0.25, 0.3) is 0 Å². The van der Waals surface area contributed by atoms with Gasteiger partial charge in [-0.2, -0.15) is 0 Å². The molecule has 1 aliphatic heterocycles. The highest BCUT2D eigenvalue weighted by atomic mass is 16.5. The normalized spacial score (nSPS) is 21.5. The molecule has 2 aliphatic rings. The van der Waals surface area contributed by atoms with Crippen molar-refractivity contribution in [2.24, 2.45) is 11.8 Å². The van der Waals surface area contributed by atoms with E-state index in [1.54, 1.807) is 24.3 Å². The van der Waals surface area contributed by atoms with Gasteiger partial charge in [0, 0.05) is 6.04 Å². The van der Waals surface area contributed by atoms with E-state index < -0.39 is 24.4 Å². The SMILES string of the molecule is CCOc1ccc(N2C(=O)c3ccc(C(=O)OCC(=O)NC4CCCC(C)C4C)cc3C2=O)cc1. The molecular weight excluding hydrogens is 448 g/mol. The van der Waals surface area contributed by atoms with Crippen LogP contribution < -0.4 is 15.0 Å². The van der Waals surface area contributed by atoms with Crippen LogP contribution in [0.3, 0.4) is 0 Å². The first-order valence-corrected chi connectivity index (χ1v) is 12.0. The van der Waals surface area contributed by atoms with E-state index in [1.165, 1.54) is 18.2 Å². The van der Waals surface area contributed by atoms with Crippen LogP contribution in [0, 0.1) is 11.8 Å². The van der Waals surface area contributed by atoms with Gasteiger partial charge in [0.05, 0.1) is 29.0 Å². The van der Waals surface area contributed by atoms with Crippen LogP contribution in [0.15, 0.2) is 42.5 Å². The Morgan fingerprint density at radius 3 is 2.43 bits per heavy atom. The molecule has 8 heteroatoms. The highest BCUT2D eigenvalue weighted by Gasteiger charge is 2.37. The van der Waals surface area contributed by atoms with Crippen molar-refractivity contribution >= 4 is 29.4 Å². The molecule has 1 saturated carbocycles. The summed E-state index contributed by atoms with van der Waals surface area (Å²) in [5.41, 5.74) is 0.837. The number of imide groups is 1. The molecule has 0 spiro atoms. The number of amides is 3. The fourth-order valence-corrected chi connectivity index (χ4v) is 4.71. The van der Waals surface area contributed by atoms with Gasteiger partial charge in [0.1, 0.15) is 5.75 Å². The molecule has 0 aromatic heterocycles. The third-order valence-electron chi connectivity index (χ3n) is 6.92. The highest BCUT2D eigenvalue weighted by molar-refractivity contribution is 6.34. The van der Waals surface area contributed by atoms with Gasteiger partial charge in [0.25, 0.3) is 17.7 Å². The lowest BCUT2D eigenvalue weighted by molar-refractivity contribution is -0.125. The van der Waals surface area contributed by atoms with Crippen molar-refractivity contribution in [3.05, 3.63) is 59.2 Å². The Morgan fingerprint density at radius 2 is 1.71 bits per heavy atom. The number of nitrogens with one attached hydrogen (secondary N) is 1. The van der Waals surface area contributed by atoms with Crippen LogP contribution >= 0.6 is 0 Å². The number of anilines is 1. The summed E-state index contributed by atoms with van der Waals surface area (Å²) in [5, 5.41) is 2.97. The number of esters is 1. The first-order valence-electron chi connectivity index (χ1n) is 12.0. The molecule has 3 amide bonds. The van der Waals surface area contributed by atoms with E-state index >= 15 is 0 Å². The maximum atomic E-state index is 13.0.